The molecule has 0 radical (unpaired) electrons. The largest absolute Gasteiger partial charge is 0.375 e. The number of ketones is 1. The van der Waals surface area contributed by atoms with E-state index in [4.69, 9.17) is 4.74 Å². The van der Waals surface area contributed by atoms with Gasteiger partial charge in [-0.05, 0) is 37.6 Å². The number of aryl methyl sites for hydroxylation is 1. The normalized spacial score (nSPS) is 16.3. The fourth-order valence-electron chi connectivity index (χ4n) is 3.39. The van der Waals surface area contributed by atoms with Crippen molar-refractivity contribution in [2.24, 2.45) is 0 Å². The van der Waals surface area contributed by atoms with Gasteiger partial charge in [-0.1, -0.05) is 30.3 Å². The van der Waals surface area contributed by atoms with Crippen molar-refractivity contribution in [1.29, 1.82) is 0 Å². The summed E-state index contributed by atoms with van der Waals surface area (Å²) >= 11 is 0. The van der Waals surface area contributed by atoms with Crippen LogP contribution in [0, 0.1) is 6.92 Å². The molecule has 29 heavy (non-hydrogen) atoms. The summed E-state index contributed by atoms with van der Waals surface area (Å²) in [4.78, 5) is 39.1. The summed E-state index contributed by atoms with van der Waals surface area (Å²) in [5, 5.41) is 2.78. The molecule has 0 aliphatic carbocycles. The number of ether oxygens (including phenoxy) is 1. The maximum absolute atomic E-state index is 12.7. The van der Waals surface area contributed by atoms with Crippen molar-refractivity contribution < 1.29 is 19.1 Å². The average Bonchev–Trinajstić information content (AvgIpc) is 2.72. The molecule has 152 valence electrons. The lowest BCUT2D eigenvalue weighted by Gasteiger charge is -2.31. The van der Waals surface area contributed by atoms with Crippen LogP contribution in [0.3, 0.4) is 0 Å². The number of carbonyl (C=O) groups is 3. The molecule has 1 aliphatic rings. The summed E-state index contributed by atoms with van der Waals surface area (Å²) in [5.41, 5.74) is 2.62. The molecule has 3 rings (SSSR count). The predicted octanol–water partition coefficient (Wildman–Crippen LogP) is 3.46. The van der Waals surface area contributed by atoms with Crippen LogP contribution in [0.5, 0.6) is 0 Å². The van der Waals surface area contributed by atoms with E-state index in [1.807, 2.05) is 32.0 Å². The zero-order valence-electron chi connectivity index (χ0n) is 16.8. The third kappa shape index (κ3) is 5.51. The van der Waals surface area contributed by atoms with Gasteiger partial charge >= 0.3 is 0 Å². The van der Waals surface area contributed by atoms with Gasteiger partial charge in [-0.15, -0.1) is 0 Å². The highest BCUT2D eigenvalue weighted by Crippen LogP contribution is 2.16. The van der Waals surface area contributed by atoms with Crippen molar-refractivity contribution in [3.05, 3.63) is 65.2 Å². The zero-order chi connectivity index (χ0) is 20.8. The number of benzene rings is 2. The maximum atomic E-state index is 12.7. The van der Waals surface area contributed by atoms with Crippen LogP contribution < -0.4 is 5.32 Å². The first-order valence-corrected chi connectivity index (χ1v) is 9.83. The number of anilines is 1. The Hall–Kier alpha value is -2.99. The molecule has 2 aromatic carbocycles. The van der Waals surface area contributed by atoms with Gasteiger partial charge in [0.15, 0.2) is 5.78 Å². The van der Waals surface area contributed by atoms with Crippen LogP contribution >= 0.6 is 0 Å². The van der Waals surface area contributed by atoms with Crippen molar-refractivity contribution >= 4 is 23.3 Å². The summed E-state index contributed by atoms with van der Waals surface area (Å²) in [5.74, 6) is -0.383. The smallest absolute Gasteiger partial charge is 0.254 e. The molecular weight excluding hydrogens is 368 g/mol. The molecule has 2 amide bonds. The monoisotopic (exact) mass is 394 g/mol. The Morgan fingerprint density at radius 2 is 1.90 bits per heavy atom. The number of hydrogen-bond acceptors (Lipinski definition) is 4. The van der Waals surface area contributed by atoms with Gasteiger partial charge in [-0.25, -0.2) is 0 Å². The standard InChI is InChI=1S/C23H26N2O4/c1-16-6-3-4-9-20(16)21(26)10-11-22(27)24-19-8-5-7-18(14-19)23(28)25-12-13-29-17(2)15-25/h3-9,14,17H,10-13,15H2,1-2H3,(H,24,27). The predicted molar refractivity (Wildman–Crippen MR) is 111 cm³/mol. The number of Topliss-reactive ketones (excluding diaryl/α,β-unsaturated/α-hetero) is 1. The molecule has 2 aromatic rings. The third-order valence-electron chi connectivity index (χ3n) is 4.95. The first kappa shape index (κ1) is 20.7. The summed E-state index contributed by atoms with van der Waals surface area (Å²) in [6, 6.07) is 14.2. The van der Waals surface area contributed by atoms with E-state index in [0.29, 0.717) is 36.5 Å². The van der Waals surface area contributed by atoms with Crippen molar-refractivity contribution in [3.8, 4) is 0 Å². The molecule has 1 unspecified atom stereocenters. The Morgan fingerprint density at radius 3 is 2.66 bits per heavy atom. The molecule has 1 fully saturated rings. The Labute approximate surface area is 170 Å². The van der Waals surface area contributed by atoms with E-state index in [-0.39, 0.29) is 36.5 Å². The Balaban J connectivity index is 1.57. The average molecular weight is 394 g/mol. The third-order valence-corrected chi connectivity index (χ3v) is 4.95. The Morgan fingerprint density at radius 1 is 1.10 bits per heavy atom. The van der Waals surface area contributed by atoms with Crippen molar-refractivity contribution in [2.75, 3.05) is 25.0 Å². The molecule has 1 aliphatic heterocycles. The van der Waals surface area contributed by atoms with Crippen LogP contribution in [0.2, 0.25) is 0 Å². The van der Waals surface area contributed by atoms with E-state index >= 15 is 0 Å². The second-order valence-corrected chi connectivity index (χ2v) is 7.30. The fraction of sp³-hybridized carbons (Fsp3) is 0.348. The Kier molecular flexibility index (Phi) is 6.77. The van der Waals surface area contributed by atoms with E-state index in [9.17, 15) is 14.4 Å². The molecule has 0 spiro atoms. The van der Waals surface area contributed by atoms with E-state index in [1.54, 1.807) is 35.2 Å². The van der Waals surface area contributed by atoms with Gasteiger partial charge in [-0.2, -0.15) is 0 Å². The molecule has 0 aromatic heterocycles. The van der Waals surface area contributed by atoms with Gasteiger partial charge in [0.2, 0.25) is 5.91 Å². The van der Waals surface area contributed by atoms with Gasteiger partial charge in [0.05, 0.1) is 12.7 Å². The van der Waals surface area contributed by atoms with Gasteiger partial charge in [0.25, 0.3) is 5.91 Å². The lowest BCUT2D eigenvalue weighted by Crippen LogP contribution is -2.44. The first-order chi connectivity index (χ1) is 13.9. The minimum atomic E-state index is -0.253. The minimum absolute atomic E-state index is 0.0152. The Bertz CT molecular complexity index is 909. The number of hydrogen-bond donors (Lipinski definition) is 1. The molecule has 1 atom stereocenters. The summed E-state index contributed by atoms with van der Waals surface area (Å²) in [6.07, 6.45) is 0.245. The molecule has 1 saturated heterocycles. The molecule has 1 heterocycles. The van der Waals surface area contributed by atoms with Crippen molar-refractivity contribution in [3.63, 3.8) is 0 Å². The highest BCUT2D eigenvalue weighted by molar-refractivity contribution is 6.01. The van der Waals surface area contributed by atoms with Crippen LogP contribution in [0.1, 0.15) is 46.0 Å². The SMILES string of the molecule is Cc1ccccc1C(=O)CCC(=O)Nc1cccc(C(=O)N2CCOC(C)C2)c1. The second-order valence-electron chi connectivity index (χ2n) is 7.30. The molecule has 6 heteroatoms. The van der Waals surface area contributed by atoms with Crippen molar-refractivity contribution in [1.82, 2.24) is 4.90 Å². The maximum Gasteiger partial charge on any atom is 0.254 e. The fourth-order valence-corrected chi connectivity index (χ4v) is 3.39. The number of amides is 2. The quantitative estimate of drug-likeness (QED) is 0.762. The zero-order valence-corrected chi connectivity index (χ0v) is 16.8. The highest BCUT2D eigenvalue weighted by Gasteiger charge is 2.22. The molecule has 0 saturated carbocycles. The molecule has 1 N–H and O–H groups in total. The first-order valence-electron chi connectivity index (χ1n) is 9.83. The van der Waals surface area contributed by atoms with Crippen molar-refractivity contribution in [2.45, 2.75) is 32.8 Å². The summed E-state index contributed by atoms with van der Waals surface area (Å²) < 4.78 is 5.48. The molecule has 0 bridgehead atoms. The number of nitrogens with zero attached hydrogens (tertiary/aromatic N) is 1. The van der Waals surface area contributed by atoms with Gasteiger partial charge < -0.3 is 15.0 Å². The minimum Gasteiger partial charge on any atom is -0.375 e. The van der Waals surface area contributed by atoms with Crippen LogP contribution in [0.4, 0.5) is 5.69 Å². The van der Waals surface area contributed by atoms with Crippen LogP contribution in [0.25, 0.3) is 0 Å². The van der Waals surface area contributed by atoms with Gasteiger partial charge in [0.1, 0.15) is 0 Å². The van der Waals surface area contributed by atoms with Crippen LogP contribution in [0.15, 0.2) is 48.5 Å². The second kappa shape index (κ2) is 9.47. The number of rotatable bonds is 6. The van der Waals surface area contributed by atoms with E-state index in [2.05, 4.69) is 5.32 Å². The van der Waals surface area contributed by atoms with E-state index < -0.39 is 0 Å². The highest BCUT2D eigenvalue weighted by atomic mass is 16.5. The topological polar surface area (TPSA) is 75.7 Å². The molecular formula is C23H26N2O4. The molecule has 6 nitrogen and oxygen atoms in total. The number of morpholine rings is 1. The van der Waals surface area contributed by atoms with E-state index in [1.165, 1.54) is 0 Å². The lowest BCUT2D eigenvalue weighted by atomic mass is 10.0. The van der Waals surface area contributed by atoms with Gasteiger partial charge in [0, 0.05) is 42.7 Å². The van der Waals surface area contributed by atoms with Crippen LogP contribution in [-0.4, -0.2) is 48.3 Å². The summed E-state index contributed by atoms with van der Waals surface area (Å²) in [6.45, 7) is 5.45. The van der Waals surface area contributed by atoms with E-state index in [0.717, 1.165) is 5.56 Å². The van der Waals surface area contributed by atoms with Gasteiger partial charge in [-0.3, -0.25) is 14.4 Å². The number of carbonyl (C=O) groups excluding carboxylic acids is 3. The summed E-state index contributed by atoms with van der Waals surface area (Å²) in [7, 11) is 0. The lowest BCUT2D eigenvalue weighted by molar-refractivity contribution is -0.116. The number of nitrogens with one attached hydrogen (secondary N) is 1. The van der Waals surface area contributed by atoms with Crippen LogP contribution in [-0.2, 0) is 9.53 Å².